The van der Waals surface area contributed by atoms with Gasteiger partial charge >= 0.3 is 0 Å². The first-order valence-corrected chi connectivity index (χ1v) is 7.43. The van der Waals surface area contributed by atoms with E-state index in [2.05, 4.69) is 14.9 Å². The van der Waals surface area contributed by atoms with Crippen LogP contribution < -0.4 is 10.5 Å². The molecule has 19 heavy (non-hydrogen) atoms. The van der Waals surface area contributed by atoms with Crippen molar-refractivity contribution in [2.75, 3.05) is 5.32 Å². The lowest BCUT2D eigenvalue weighted by atomic mass is 10.3. The number of carbonyl (C=O) groups is 1. The van der Waals surface area contributed by atoms with Gasteiger partial charge in [0.25, 0.3) is 5.91 Å². The number of amides is 1. The molecule has 0 atom stereocenters. The first-order valence-electron chi connectivity index (χ1n) is 5.11. The number of hydrogen-bond donors (Lipinski definition) is 2. The molecular weight excluding hydrogens is 288 g/mol. The van der Waals surface area contributed by atoms with Crippen LogP contribution in [0.25, 0.3) is 0 Å². The van der Waals surface area contributed by atoms with Gasteiger partial charge in [-0.2, -0.15) is 0 Å². The lowest BCUT2D eigenvalue weighted by Gasteiger charge is -2.04. The van der Waals surface area contributed by atoms with Crippen LogP contribution in [-0.4, -0.2) is 23.9 Å². The molecule has 1 amide bonds. The molecule has 1 heterocycles. The third-order valence-corrected chi connectivity index (χ3v) is 4.05. The molecule has 100 valence electrons. The molecule has 0 radical (unpaired) electrons. The fourth-order valence-corrected chi connectivity index (χ4v) is 2.42. The molecule has 9 heteroatoms. The van der Waals surface area contributed by atoms with Gasteiger partial charge in [0.05, 0.1) is 10.6 Å². The lowest BCUT2D eigenvalue weighted by molar-refractivity contribution is 0.103. The summed E-state index contributed by atoms with van der Waals surface area (Å²) < 4.78 is 25.8. The van der Waals surface area contributed by atoms with E-state index in [9.17, 15) is 13.2 Å². The van der Waals surface area contributed by atoms with Crippen molar-refractivity contribution in [2.24, 2.45) is 5.14 Å². The van der Waals surface area contributed by atoms with Gasteiger partial charge < -0.3 is 5.32 Å². The Balaban J connectivity index is 2.17. The van der Waals surface area contributed by atoms with E-state index in [1.54, 1.807) is 6.92 Å². The van der Waals surface area contributed by atoms with Crippen LogP contribution in [0.4, 0.5) is 5.69 Å². The molecule has 0 spiro atoms. The Hall–Kier alpha value is -1.84. The van der Waals surface area contributed by atoms with Gasteiger partial charge in [-0.1, -0.05) is 4.49 Å². The maximum atomic E-state index is 11.9. The van der Waals surface area contributed by atoms with Crippen LogP contribution in [-0.2, 0) is 10.0 Å². The normalized spacial score (nSPS) is 11.3. The Bertz CT molecular complexity index is 707. The van der Waals surface area contributed by atoms with Crippen molar-refractivity contribution in [1.82, 2.24) is 9.59 Å². The lowest BCUT2D eigenvalue weighted by Crippen LogP contribution is -2.13. The molecule has 0 fully saturated rings. The third kappa shape index (κ3) is 3.13. The van der Waals surface area contributed by atoms with E-state index in [-0.39, 0.29) is 10.8 Å². The van der Waals surface area contributed by atoms with Crippen LogP contribution >= 0.6 is 11.5 Å². The maximum absolute atomic E-state index is 11.9. The number of rotatable bonds is 3. The van der Waals surface area contributed by atoms with E-state index in [1.165, 1.54) is 24.3 Å². The van der Waals surface area contributed by atoms with Crippen molar-refractivity contribution in [3.05, 3.63) is 34.8 Å². The molecule has 0 aliphatic rings. The van der Waals surface area contributed by atoms with Gasteiger partial charge in [0.1, 0.15) is 4.88 Å². The average Bonchev–Trinajstić information content (AvgIpc) is 2.75. The van der Waals surface area contributed by atoms with Crippen molar-refractivity contribution in [3.63, 3.8) is 0 Å². The topological polar surface area (TPSA) is 115 Å². The number of aryl methyl sites for hydroxylation is 1. The smallest absolute Gasteiger partial charge is 0.269 e. The summed E-state index contributed by atoms with van der Waals surface area (Å²) in [5.74, 6) is -0.337. The Morgan fingerprint density at radius 3 is 2.42 bits per heavy atom. The molecule has 0 saturated heterocycles. The first kappa shape index (κ1) is 13.6. The Morgan fingerprint density at radius 1 is 1.32 bits per heavy atom. The van der Waals surface area contributed by atoms with Crippen LogP contribution in [0.5, 0.6) is 0 Å². The Morgan fingerprint density at radius 2 is 1.95 bits per heavy atom. The predicted octanol–water partition coefficient (Wildman–Crippen LogP) is 0.746. The number of nitrogens with one attached hydrogen (secondary N) is 1. The highest BCUT2D eigenvalue weighted by molar-refractivity contribution is 7.89. The summed E-state index contributed by atoms with van der Waals surface area (Å²) in [6.45, 7) is 1.68. The fraction of sp³-hybridized carbons (Fsp3) is 0.100. The van der Waals surface area contributed by atoms with E-state index < -0.39 is 10.0 Å². The molecule has 1 aromatic heterocycles. The Kier molecular flexibility index (Phi) is 3.60. The van der Waals surface area contributed by atoms with E-state index in [1.807, 2.05) is 0 Å². The van der Waals surface area contributed by atoms with Crippen LogP contribution in [0.2, 0.25) is 0 Å². The maximum Gasteiger partial charge on any atom is 0.269 e. The number of hydrogen-bond acceptors (Lipinski definition) is 6. The molecule has 0 bridgehead atoms. The molecule has 1 aromatic carbocycles. The fourth-order valence-electron chi connectivity index (χ4n) is 1.36. The number of benzene rings is 1. The minimum Gasteiger partial charge on any atom is -0.321 e. The van der Waals surface area contributed by atoms with Crippen LogP contribution in [0.1, 0.15) is 15.4 Å². The average molecular weight is 298 g/mol. The van der Waals surface area contributed by atoms with Gasteiger partial charge in [-0.3, -0.25) is 4.79 Å². The van der Waals surface area contributed by atoms with Crippen LogP contribution in [0.15, 0.2) is 29.2 Å². The second-order valence-corrected chi connectivity index (χ2v) is 6.03. The van der Waals surface area contributed by atoms with Gasteiger partial charge in [0, 0.05) is 5.69 Å². The quantitative estimate of drug-likeness (QED) is 0.867. The molecule has 7 nitrogen and oxygen atoms in total. The van der Waals surface area contributed by atoms with Gasteiger partial charge in [0.2, 0.25) is 10.0 Å². The monoisotopic (exact) mass is 298 g/mol. The number of anilines is 1. The molecule has 3 N–H and O–H groups in total. The van der Waals surface area contributed by atoms with Crippen LogP contribution in [0.3, 0.4) is 0 Å². The van der Waals surface area contributed by atoms with Gasteiger partial charge in [-0.25, -0.2) is 13.6 Å². The molecule has 2 aromatic rings. The summed E-state index contributed by atoms with van der Waals surface area (Å²) >= 11 is 0.995. The zero-order chi connectivity index (χ0) is 14.0. The van der Waals surface area contributed by atoms with Crippen molar-refractivity contribution in [3.8, 4) is 0 Å². The first-order chi connectivity index (χ1) is 8.88. The number of carbonyl (C=O) groups excluding carboxylic acids is 1. The molecule has 0 aliphatic heterocycles. The molecule has 0 saturated carbocycles. The second kappa shape index (κ2) is 5.03. The number of aromatic nitrogens is 2. The van der Waals surface area contributed by atoms with Crippen molar-refractivity contribution in [1.29, 1.82) is 0 Å². The van der Waals surface area contributed by atoms with Crippen molar-refractivity contribution < 1.29 is 13.2 Å². The summed E-state index contributed by atoms with van der Waals surface area (Å²) in [5.41, 5.74) is 1.01. The van der Waals surface area contributed by atoms with Crippen LogP contribution in [0, 0.1) is 6.92 Å². The standard InChI is InChI=1S/C10H10N4O3S2/c1-6-9(18-14-13-6)10(15)12-7-2-4-8(5-3-7)19(11,16)17/h2-5H,1H3,(H,12,15)(H2,11,16,17). The van der Waals surface area contributed by atoms with Gasteiger partial charge in [0.15, 0.2) is 0 Å². The third-order valence-electron chi connectivity index (χ3n) is 2.30. The summed E-state index contributed by atoms with van der Waals surface area (Å²) in [4.78, 5) is 12.3. The van der Waals surface area contributed by atoms with E-state index >= 15 is 0 Å². The van der Waals surface area contributed by atoms with E-state index in [0.717, 1.165) is 11.5 Å². The molecule has 0 unspecified atom stereocenters. The number of nitrogens with two attached hydrogens (primary N) is 1. The summed E-state index contributed by atoms with van der Waals surface area (Å²) in [7, 11) is -3.73. The molecule has 2 rings (SSSR count). The van der Waals surface area contributed by atoms with Crippen molar-refractivity contribution in [2.45, 2.75) is 11.8 Å². The summed E-state index contributed by atoms with van der Waals surface area (Å²) in [6, 6.07) is 5.56. The SMILES string of the molecule is Cc1nnsc1C(=O)Nc1ccc(S(N)(=O)=O)cc1. The molecular formula is C10H10N4O3S2. The van der Waals surface area contributed by atoms with Gasteiger partial charge in [-0.15, -0.1) is 5.10 Å². The molecule has 0 aliphatic carbocycles. The number of sulfonamides is 1. The van der Waals surface area contributed by atoms with Crippen molar-refractivity contribution >= 4 is 33.2 Å². The number of primary sulfonamides is 1. The minimum absolute atomic E-state index is 0.0128. The Labute approximate surface area is 113 Å². The predicted molar refractivity (Wildman–Crippen MR) is 70.4 cm³/mol. The minimum atomic E-state index is -3.73. The highest BCUT2D eigenvalue weighted by Crippen LogP contribution is 2.16. The summed E-state index contributed by atoms with van der Waals surface area (Å²) in [6.07, 6.45) is 0. The number of nitrogens with zero attached hydrogens (tertiary/aromatic N) is 2. The zero-order valence-corrected chi connectivity index (χ0v) is 11.5. The largest absolute Gasteiger partial charge is 0.321 e. The van der Waals surface area contributed by atoms with Gasteiger partial charge in [-0.05, 0) is 42.7 Å². The zero-order valence-electron chi connectivity index (χ0n) is 9.82. The highest BCUT2D eigenvalue weighted by atomic mass is 32.2. The summed E-state index contributed by atoms with van der Waals surface area (Å²) in [5, 5.41) is 11.3. The van der Waals surface area contributed by atoms with E-state index in [4.69, 9.17) is 5.14 Å². The van der Waals surface area contributed by atoms with E-state index in [0.29, 0.717) is 16.3 Å². The second-order valence-electron chi connectivity index (χ2n) is 3.71. The highest BCUT2D eigenvalue weighted by Gasteiger charge is 2.13.